The number of carboxylic acids is 2. The molecule has 1 aromatic rings. The molecule has 0 atom stereocenters. The van der Waals surface area contributed by atoms with E-state index in [1.54, 1.807) is 0 Å². The molecule has 0 saturated carbocycles. The molecule has 1 aliphatic heterocycles. The zero-order valence-electron chi connectivity index (χ0n) is 14.2. The lowest BCUT2D eigenvalue weighted by Crippen LogP contribution is -2.33. The van der Waals surface area contributed by atoms with Crippen LogP contribution in [0.4, 0.5) is 5.69 Å². The van der Waals surface area contributed by atoms with Crippen LogP contribution in [0.1, 0.15) is 12.8 Å². The molecule has 142 valence electrons. The SMILES string of the molecule is C=COc1cc(N2CCCNCCC2)cnc1Br.O=C(O)/C=C/C(=O)O. The Bertz CT molecular complexity index is 627. The Morgan fingerprint density at radius 2 is 1.81 bits per heavy atom. The lowest BCUT2D eigenvalue weighted by atomic mass is 10.2. The molecule has 0 unspecified atom stereocenters. The van der Waals surface area contributed by atoms with E-state index in [1.165, 1.54) is 6.26 Å². The summed E-state index contributed by atoms with van der Waals surface area (Å²) in [5.41, 5.74) is 1.11. The fourth-order valence-corrected chi connectivity index (χ4v) is 2.50. The molecule has 0 spiro atoms. The molecule has 0 aliphatic carbocycles. The summed E-state index contributed by atoms with van der Waals surface area (Å²) in [6, 6.07) is 2.01. The largest absolute Gasteiger partial charge is 0.478 e. The van der Waals surface area contributed by atoms with E-state index in [9.17, 15) is 9.59 Å². The molecule has 0 bridgehead atoms. The second-order valence-corrected chi connectivity index (χ2v) is 5.97. The van der Waals surface area contributed by atoms with Gasteiger partial charge in [0.05, 0.1) is 18.1 Å². The molecule has 2 rings (SSSR count). The van der Waals surface area contributed by atoms with E-state index in [4.69, 9.17) is 14.9 Å². The third kappa shape index (κ3) is 8.63. The van der Waals surface area contributed by atoms with Crippen molar-refractivity contribution in [2.75, 3.05) is 31.1 Å². The number of hydrogen-bond donors (Lipinski definition) is 3. The highest BCUT2D eigenvalue weighted by Crippen LogP contribution is 2.28. The van der Waals surface area contributed by atoms with E-state index in [2.05, 4.69) is 37.7 Å². The van der Waals surface area contributed by atoms with Gasteiger partial charge in [0.2, 0.25) is 0 Å². The molecule has 0 aromatic carbocycles. The molecule has 9 heteroatoms. The molecule has 1 saturated heterocycles. The minimum absolute atomic E-state index is 0.558. The van der Waals surface area contributed by atoms with Crippen LogP contribution >= 0.6 is 15.9 Å². The van der Waals surface area contributed by atoms with Crippen LogP contribution in [0.5, 0.6) is 5.75 Å². The van der Waals surface area contributed by atoms with Crippen LogP contribution in [-0.2, 0) is 9.59 Å². The minimum Gasteiger partial charge on any atom is -0.478 e. The van der Waals surface area contributed by atoms with Gasteiger partial charge >= 0.3 is 11.9 Å². The first-order valence-electron chi connectivity index (χ1n) is 7.96. The van der Waals surface area contributed by atoms with Crippen LogP contribution in [-0.4, -0.2) is 53.3 Å². The van der Waals surface area contributed by atoms with Crippen molar-refractivity contribution in [1.29, 1.82) is 0 Å². The number of aromatic nitrogens is 1. The van der Waals surface area contributed by atoms with Gasteiger partial charge in [0.25, 0.3) is 0 Å². The maximum absolute atomic E-state index is 9.55. The summed E-state index contributed by atoms with van der Waals surface area (Å²) in [6.45, 7) is 7.82. The highest BCUT2D eigenvalue weighted by atomic mass is 79.9. The number of nitrogens with one attached hydrogen (secondary N) is 1. The number of anilines is 1. The second kappa shape index (κ2) is 12.0. The first-order chi connectivity index (χ1) is 12.4. The molecule has 0 amide bonds. The predicted octanol–water partition coefficient (Wildman–Crippen LogP) is 2.27. The Balaban J connectivity index is 0.000000359. The maximum atomic E-state index is 9.55. The van der Waals surface area contributed by atoms with E-state index in [-0.39, 0.29) is 0 Å². The van der Waals surface area contributed by atoms with E-state index in [0.717, 1.165) is 44.7 Å². The number of ether oxygens (including phenoxy) is 1. The topological polar surface area (TPSA) is 112 Å². The summed E-state index contributed by atoms with van der Waals surface area (Å²) in [4.78, 5) is 25.8. The van der Waals surface area contributed by atoms with Crippen LogP contribution in [0.15, 0.2) is 41.9 Å². The molecule has 1 aliphatic rings. The van der Waals surface area contributed by atoms with Crippen molar-refractivity contribution in [2.24, 2.45) is 0 Å². The number of halogens is 1. The molecular formula is C17H22BrN3O5. The van der Waals surface area contributed by atoms with Crippen molar-refractivity contribution in [3.63, 3.8) is 0 Å². The van der Waals surface area contributed by atoms with E-state index in [1.807, 2.05) is 12.3 Å². The number of rotatable bonds is 5. The Morgan fingerprint density at radius 1 is 1.23 bits per heavy atom. The zero-order valence-corrected chi connectivity index (χ0v) is 15.8. The van der Waals surface area contributed by atoms with Gasteiger partial charge < -0.3 is 25.2 Å². The average Bonchev–Trinajstić information content (AvgIpc) is 2.56. The molecule has 8 nitrogen and oxygen atoms in total. The highest BCUT2D eigenvalue weighted by Gasteiger charge is 2.11. The van der Waals surface area contributed by atoms with Crippen molar-refractivity contribution in [1.82, 2.24) is 10.3 Å². The van der Waals surface area contributed by atoms with Crippen molar-refractivity contribution < 1.29 is 24.5 Å². The molecule has 1 fully saturated rings. The van der Waals surface area contributed by atoms with Crippen LogP contribution in [0, 0.1) is 0 Å². The third-order valence-electron chi connectivity index (χ3n) is 3.30. The average molecular weight is 428 g/mol. The monoisotopic (exact) mass is 427 g/mol. The fraction of sp³-hybridized carbons (Fsp3) is 0.353. The summed E-state index contributed by atoms with van der Waals surface area (Å²) in [7, 11) is 0. The molecule has 2 heterocycles. The Labute approximate surface area is 160 Å². The Morgan fingerprint density at radius 3 is 2.31 bits per heavy atom. The number of hydrogen-bond acceptors (Lipinski definition) is 6. The number of carbonyl (C=O) groups is 2. The highest BCUT2D eigenvalue weighted by molar-refractivity contribution is 9.10. The number of pyridine rings is 1. The van der Waals surface area contributed by atoms with Gasteiger partial charge in [0, 0.05) is 31.3 Å². The first kappa shape index (κ1) is 21.7. The van der Waals surface area contributed by atoms with Crippen LogP contribution in [0.25, 0.3) is 0 Å². The second-order valence-electron chi connectivity index (χ2n) is 5.22. The molecule has 26 heavy (non-hydrogen) atoms. The van der Waals surface area contributed by atoms with E-state index < -0.39 is 11.9 Å². The van der Waals surface area contributed by atoms with Crippen LogP contribution in [0.3, 0.4) is 0 Å². The molecule has 0 radical (unpaired) electrons. The standard InChI is InChI=1S/C13H18BrN3O.C4H4O4/c1-2-18-12-9-11(10-16-13(12)14)17-7-3-5-15-6-4-8-17;5-3(6)1-2-4(7)8/h2,9-10,15H,1,3-8H2;1-2H,(H,5,6)(H,7,8)/b;2-1+. The summed E-state index contributed by atoms with van der Waals surface area (Å²) in [6.07, 6.45) is 6.71. The summed E-state index contributed by atoms with van der Waals surface area (Å²) in [5, 5.41) is 19.0. The summed E-state index contributed by atoms with van der Waals surface area (Å²) >= 11 is 3.37. The smallest absolute Gasteiger partial charge is 0.328 e. The lowest BCUT2D eigenvalue weighted by molar-refractivity contribution is -0.134. The Hall–Kier alpha value is -2.39. The summed E-state index contributed by atoms with van der Waals surface area (Å²) in [5.74, 6) is -1.80. The van der Waals surface area contributed by atoms with Crippen LogP contribution in [0.2, 0.25) is 0 Å². The van der Waals surface area contributed by atoms with Gasteiger partial charge in [0.1, 0.15) is 4.60 Å². The molecular weight excluding hydrogens is 406 g/mol. The fourth-order valence-electron chi connectivity index (χ4n) is 2.19. The van der Waals surface area contributed by atoms with Crippen LogP contribution < -0.4 is 15.0 Å². The van der Waals surface area contributed by atoms with E-state index in [0.29, 0.717) is 22.5 Å². The maximum Gasteiger partial charge on any atom is 0.328 e. The van der Waals surface area contributed by atoms with Gasteiger partial charge in [0.15, 0.2) is 5.75 Å². The number of aliphatic carboxylic acids is 2. The minimum atomic E-state index is -1.26. The number of nitrogens with zero attached hydrogens (tertiary/aromatic N) is 2. The van der Waals surface area contributed by atoms with Gasteiger partial charge in [-0.1, -0.05) is 6.58 Å². The van der Waals surface area contributed by atoms with Gasteiger partial charge in [-0.3, -0.25) is 0 Å². The predicted molar refractivity (Wildman–Crippen MR) is 101 cm³/mol. The molecule has 3 N–H and O–H groups in total. The summed E-state index contributed by atoms with van der Waals surface area (Å²) < 4.78 is 6.05. The zero-order chi connectivity index (χ0) is 19.4. The first-order valence-corrected chi connectivity index (χ1v) is 8.76. The van der Waals surface area contributed by atoms with Gasteiger partial charge in [-0.05, 0) is 41.9 Å². The molecule has 1 aromatic heterocycles. The van der Waals surface area contributed by atoms with Crippen molar-refractivity contribution in [3.8, 4) is 5.75 Å². The van der Waals surface area contributed by atoms with E-state index >= 15 is 0 Å². The lowest BCUT2D eigenvalue weighted by Gasteiger charge is -2.27. The normalized spacial score (nSPS) is 14.6. The van der Waals surface area contributed by atoms with Crippen molar-refractivity contribution in [3.05, 3.63) is 41.9 Å². The van der Waals surface area contributed by atoms with Gasteiger partial charge in [-0.25, -0.2) is 14.6 Å². The quantitative estimate of drug-likeness (QED) is 0.372. The Kier molecular flexibility index (Phi) is 10.0. The number of carboxylic acid groups (broad SMARTS) is 2. The van der Waals surface area contributed by atoms with Gasteiger partial charge in [-0.15, -0.1) is 0 Å². The van der Waals surface area contributed by atoms with Crippen molar-refractivity contribution in [2.45, 2.75) is 12.8 Å². The third-order valence-corrected chi connectivity index (χ3v) is 3.90. The van der Waals surface area contributed by atoms with Gasteiger partial charge in [-0.2, -0.15) is 0 Å². The van der Waals surface area contributed by atoms with Crippen molar-refractivity contribution >= 4 is 33.6 Å².